The van der Waals surface area contributed by atoms with Gasteiger partial charge in [-0.2, -0.15) is 0 Å². The highest BCUT2D eigenvalue weighted by Gasteiger charge is 2.56. The van der Waals surface area contributed by atoms with Crippen LogP contribution in [0.2, 0.25) is 0 Å². The number of halogens is 1. The number of carbonyl (C=O) groups is 2. The van der Waals surface area contributed by atoms with Crippen LogP contribution in [0, 0.1) is 12.8 Å². The fourth-order valence-electron chi connectivity index (χ4n) is 5.04. The zero-order valence-electron chi connectivity index (χ0n) is 19.6. The molecule has 1 fully saturated rings. The number of rotatable bonds is 5. The van der Waals surface area contributed by atoms with Crippen LogP contribution in [0.25, 0.3) is 0 Å². The van der Waals surface area contributed by atoms with E-state index in [0.717, 1.165) is 37.4 Å². The predicted molar refractivity (Wildman–Crippen MR) is 149 cm³/mol. The van der Waals surface area contributed by atoms with E-state index < -0.39 is 17.1 Å². The predicted octanol–water partition coefficient (Wildman–Crippen LogP) is 5.88. The van der Waals surface area contributed by atoms with E-state index in [4.69, 9.17) is 4.74 Å². The normalized spacial score (nSPS) is 20.6. The van der Waals surface area contributed by atoms with Crippen molar-refractivity contribution in [1.82, 2.24) is 4.98 Å². The maximum absolute atomic E-state index is 13.9. The molecule has 6 nitrogen and oxygen atoms in total. The molecule has 3 aromatic carbocycles. The summed E-state index contributed by atoms with van der Waals surface area (Å²) in [6, 6.07) is 22.8. The van der Waals surface area contributed by atoms with Gasteiger partial charge in [-0.3, -0.25) is 14.4 Å². The van der Waals surface area contributed by atoms with E-state index >= 15 is 0 Å². The van der Waals surface area contributed by atoms with Crippen molar-refractivity contribution in [3.05, 3.63) is 109 Å². The molecule has 3 heterocycles. The molecular formula is C28H21BrN2O4S2. The van der Waals surface area contributed by atoms with Crippen molar-refractivity contribution in [2.75, 3.05) is 4.90 Å². The van der Waals surface area contributed by atoms with Crippen molar-refractivity contribution in [2.45, 2.75) is 29.7 Å². The molecule has 4 aromatic rings. The third-order valence-corrected chi connectivity index (χ3v) is 9.52. The minimum absolute atomic E-state index is 0.209. The number of H-pyrrole nitrogens is 1. The van der Waals surface area contributed by atoms with Gasteiger partial charge in [0, 0.05) is 20.8 Å². The van der Waals surface area contributed by atoms with Crippen LogP contribution in [0.3, 0.4) is 0 Å². The number of aryl methyl sites for hydroxylation is 1. The summed E-state index contributed by atoms with van der Waals surface area (Å²) in [6.07, 6.45) is 0. The summed E-state index contributed by atoms with van der Waals surface area (Å²) in [4.78, 5) is 44.7. The van der Waals surface area contributed by atoms with Crippen LogP contribution in [0.1, 0.15) is 27.5 Å². The van der Waals surface area contributed by atoms with E-state index in [2.05, 4.69) is 27.0 Å². The number of hydrogen-bond acceptors (Lipinski definition) is 6. The van der Waals surface area contributed by atoms with E-state index in [0.29, 0.717) is 23.1 Å². The summed E-state index contributed by atoms with van der Waals surface area (Å²) in [5.41, 5.74) is 3.49. The van der Waals surface area contributed by atoms with E-state index in [1.54, 1.807) is 12.1 Å². The lowest BCUT2D eigenvalue weighted by Crippen LogP contribution is -2.32. The first-order chi connectivity index (χ1) is 17.9. The van der Waals surface area contributed by atoms with Gasteiger partial charge in [-0.25, -0.2) is 4.90 Å². The fraction of sp³-hybridized carbons (Fsp3) is 0.179. The van der Waals surface area contributed by atoms with Crippen molar-refractivity contribution in [2.24, 2.45) is 5.92 Å². The summed E-state index contributed by atoms with van der Waals surface area (Å²) in [7, 11) is 0. The molecule has 0 radical (unpaired) electrons. The van der Waals surface area contributed by atoms with Crippen LogP contribution in [-0.4, -0.2) is 22.0 Å². The largest absolute Gasteiger partial charge is 0.489 e. The second-order valence-electron chi connectivity index (χ2n) is 9.06. The van der Waals surface area contributed by atoms with Crippen LogP contribution in [-0.2, 0) is 16.2 Å². The molecule has 3 atom stereocenters. The number of benzene rings is 3. The van der Waals surface area contributed by atoms with Gasteiger partial charge >= 0.3 is 4.87 Å². The molecule has 0 saturated carbocycles. The van der Waals surface area contributed by atoms with Gasteiger partial charge in [-0.1, -0.05) is 87.1 Å². The molecule has 6 rings (SSSR count). The molecule has 1 N–H and O–H groups in total. The number of carbonyl (C=O) groups excluding carboxylic acids is 2. The first-order valence-electron chi connectivity index (χ1n) is 11.7. The highest BCUT2D eigenvalue weighted by atomic mass is 79.9. The summed E-state index contributed by atoms with van der Waals surface area (Å²) in [5, 5.41) is -0.0130. The van der Waals surface area contributed by atoms with E-state index in [9.17, 15) is 14.4 Å². The van der Waals surface area contributed by atoms with Gasteiger partial charge in [0.1, 0.15) is 17.6 Å². The second-order valence-corrected chi connectivity index (χ2v) is 12.1. The third-order valence-electron chi connectivity index (χ3n) is 6.62. The number of anilines is 1. The van der Waals surface area contributed by atoms with E-state index in [1.165, 1.54) is 16.7 Å². The number of thiazole rings is 1. The molecule has 2 aliphatic rings. The Labute approximate surface area is 229 Å². The van der Waals surface area contributed by atoms with E-state index in [-0.39, 0.29) is 16.7 Å². The van der Waals surface area contributed by atoms with Crippen molar-refractivity contribution in [3.63, 3.8) is 0 Å². The number of aromatic amines is 1. The lowest BCUT2D eigenvalue weighted by atomic mass is 9.82. The van der Waals surface area contributed by atoms with Crippen molar-refractivity contribution >= 4 is 56.5 Å². The van der Waals surface area contributed by atoms with Crippen LogP contribution in [0.5, 0.6) is 5.75 Å². The standard InChI is InChI=1S/C28H21BrN2O4S2/c1-15-6-5-7-16(12-15)14-35-20-11-10-17(29)13-19(20)21-22-24(36-25-23(21)37-28(34)30-25)27(33)31(26(22)32)18-8-3-2-4-9-18/h2-13,21-22,24H,14H2,1H3,(H,30,34)/t21-,22-,24+/m0/s1. The third kappa shape index (κ3) is 4.35. The molecule has 1 aromatic heterocycles. The molecule has 0 aliphatic carbocycles. The Balaban J connectivity index is 1.45. The van der Waals surface area contributed by atoms with E-state index in [1.807, 2.05) is 61.5 Å². The number of nitrogens with one attached hydrogen (secondary N) is 1. The van der Waals surface area contributed by atoms with Crippen LogP contribution >= 0.6 is 39.0 Å². The molecule has 2 amide bonds. The molecule has 0 bridgehead atoms. The van der Waals surface area contributed by atoms with Gasteiger partial charge < -0.3 is 9.72 Å². The molecule has 0 spiro atoms. The quantitative estimate of drug-likeness (QED) is 0.293. The highest BCUT2D eigenvalue weighted by Crippen LogP contribution is 2.54. The van der Waals surface area contributed by atoms with Gasteiger partial charge in [0.25, 0.3) is 0 Å². The van der Waals surface area contributed by atoms with Crippen LogP contribution < -0.4 is 14.5 Å². The minimum Gasteiger partial charge on any atom is -0.489 e. The average molecular weight is 594 g/mol. The Morgan fingerprint density at radius 1 is 0.973 bits per heavy atom. The topological polar surface area (TPSA) is 79.5 Å². The summed E-state index contributed by atoms with van der Waals surface area (Å²) in [6.45, 7) is 2.38. The van der Waals surface area contributed by atoms with Crippen molar-refractivity contribution < 1.29 is 14.3 Å². The molecule has 37 heavy (non-hydrogen) atoms. The minimum atomic E-state index is -0.674. The molecule has 0 unspecified atom stereocenters. The number of fused-ring (bicyclic) bond motifs is 2. The zero-order chi connectivity index (χ0) is 25.7. The molecular weight excluding hydrogens is 572 g/mol. The first-order valence-corrected chi connectivity index (χ1v) is 14.2. The number of para-hydroxylation sites is 1. The monoisotopic (exact) mass is 592 g/mol. The SMILES string of the molecule is Cc1cccc(COc2ccc(Br)cc2[C@@H]2c3sc(=O)[nH]c3S[C@H]3C(=O)N(c4ccccc4)C(=O)[C@@H]23)c1. The van der Waals surface area contributed by atoms with Gasteiger partial charge in [0.2, 0.25) is 11.8 Å². The number of thioether (sulfide) groups is 1. The number of hydrogen-bond donors (Lipinski definition) is 1. The Hall–Kier alpha value is -3.14. The lowest BCUT2D eigenvalue weighted by Gasteiger charge is -2.31. The second kappa shape index (κ2) is 9.63. The number of aromatic nitrogens is 1. The Morgan fingerprint density at radius 3 is 2.57 bits per heavy atom. The maximum Gasteiger partial charge on any atom is 0.305 e. The molecule has 2 aliphatic heterocycles. The average Bonchev–Trinajstić information content (AvgIpc) is 3.38. The van der Waals surface area contributed by atoms with Gasteiger partial charge in [-0.15, -0.1) is 0 Å². The summed E-state index contributed by atoms with van der Waals surface area (Å²) in [5.74, 6) is -1.11. The summed E-state index contributed by atoms with van der Waals surface area (Å²) >= 11 is 5.93. The Kier molecular flexibility index (Phi) is 6.30. The first kappa shape index (κ1) is 24.2. The number of nitrogens with zero attached hydrogens (tertiary/aromatic N) is 1. The lowest BCUT2D eigenvalue weighted by molar-refractivity contribution is -0.122. The number of imide groups is 1. The number of amides is 2. The van der Waals surface area contributed by atoms with Crippen molar-refractivity contribution in [1.29, 1.82) is 0 Å². The fourth-order valence-corrected chi connectivity index (χ4v) is 7.93. The van der Waals surface area contributed by atoms with Crippen molar-refractivity contribution in [3.8, 4) is 5.75 Å². The Morgan fingerprint density at radius 2 is 1.78 bits per heavy atom. The molecule has 186 valence electrons. The number of ether oxygens (including phenoxy) is 1. The van der Waals surface area contributed by atoms with Gasteiger partial charge in [-0.05, 0) is 42.8 Å². The van der Waals surface area contributed by atoms with Crippen LogP contribution in [0.4, 0.5) is 5.69 Å². The maximum atomic E-state index is 13.9. The zero-order valence-corrected chi connectivity index (χ0v) is 22.9. The highest BCUT2D eigenvalue weighted by molar-refractivity contribution is 9.10. The van der Waals surface area contributed by atoms with Gasteiger partial charge in [0.15, 0.2) is 0 Å². The molecule has 1 saturated heterocycles. The smallest absolute Gasteiger partial charge is 0.305 e. The van der Waals surface area contributed by atoms with Gasteiger partial charge in [0.05, 0.1) is 16.6 Å². The van der Waals surface area contributed by atoms with Crippen LogP contribution in [0.15, 0.2) is 87.1 Å². The molecule has 9 heteroatoms. The summed E-state index contributed by atoms with van der Waals surface area (Å²) < 4.78 is 7.13. The Bertz CT molecular complexity index is 1580.